The molecule has 2 aromatic rings. The fourth-order valence-corrected chi connectivity index (χ4v) is 4.39. The molecule has 0 bridgehead atoms. The molecule has 0 spiro atoms. The highest BCUT2D eigenvalue weighted by Crippen LogP contribution is 2.38. The van der Waals surface area contributed by atoms with E-state index in [1.54, 1.807) is 18.2 Å². The van der Waals surface area contributed by atoms with E-state index in [0.717, 1.165) is 31.9 Å². The summed E-state index contributed by atoms with van der Waals surface area (Å²) in [6.45, 7) is 0.879. The molecule has 2 N–H and O–H groups in total. The molecule has 2 aliphatic heterocycles. The highest BCUT2D eigenvalue weighted by Gasteiger charge is 2.39. The average molecular weight is 435 g/mol. The number of fused-ring (bicyclic) bond motifs is 1. The van der Waals surface area contributed by atoms with Crippen LogP contribution in [0.5, 0.6) is 0 Å². The quantitative estimate of drug-likeness (QED) is 0.704. The van der Waals surface area contributed by atoms with Crippen LogP contribution in [0.2, 0.25) is 0 Å². The number of carbonyl (C=O) groups is 2. The van der Waals surface area contributed by atoms with E-state index in [1.165, 1.54) is 0 Å². The van der Waals surface area contributed by atoms with E-state index in [1.807, 2.05) is 7.05 Å². The van der Waals surface area contributed by atoms with Crippen LogP contribution in [-0.4, -0.2) is 36.3 Å². The Morgan fingerprint density at radius 3 is 2.68 bits per heavy atom. The summed E-state index contributed by atoms with van der Waals surface area (Å²) in [6, 6.07) is 6.21. The molecule has 5 nitrogen and oxygen atoms in total. The molecule has 1 fully saturated rings. The van der Waals surface area contributed by atoms with Gasteiger partial charge < -0.3 is 15.5 Å². The van der Waals surface area contributed by atoms with E-state index in [4.69, 9.17) is 0 Å². The Labute approximate surface area is 176 Å². The summed E-state index contributed by atoms with van der Waals surface area (Å²) in [5.41, 5.74) is -0.352. The molecular weight excluding hydrogens is 414 g/mol. The Morgan fingerprint density at radius 1 is 1.19 bits per heavy atom. The molecule has 0 saturated carbocycles. The summed E-state index contributed by atoms with van der Waals surface area (Å²) in [4.78, 5) is 27.4. The van der Waals surface area contributed by atoms with Gasteiger partial charge in [-0.1, -0.05) is 12.5 Å². The number of amides is 2. The number of hydrogen-bond donors (Lipinski definition) is 2. The SMILES string of the molecule is CN1CCCC[C@@H]1[C@@H]1NC(=O)c2cccc(NC(=O)c3cc(F)cc(C(F)(F)F)c3)c21. The lowest BCUT2D eigenvalue weighted by Gasteiger charge is -2.37. The highest BCUT2D eigenvalue weighted by atomic mass is 19.4. The third-order valence-electron chi connectivity index (χ3n) is 5.90. The Kier molecular flexibility index (Phi) is 5.47. The van der Waals surface area contributed by atoms with Crippen molar-refractivity contribution in [2.75, 3.05) is 18.9 Å². The van der Waals surface area contributed by atoms with E-state index in [2.05, 4.69) is 15.5 Å². The molecule has 0 radical (unpaired) electrons. The lowest BCUT2D eigenvalue weighted by molar-refractivity contribution is -0.137. The van der Waals surface area contributed by atoms with Crippen molar-refractivity contribution in [3.63, 3.8) is 0 Å². The maximum Gasteiger partial charge on any atom is 0.416 e. The predicted octanol–water partition coefficient (Wildman–Crippen LogP) is 4.37. The minimum absolute atomic E-state index is 0.0306. The van der Waals surface area contributed by atoms with Crippen LogP contribution in [0.25, 0.3) is 0 Å². The van der Waals surface area contributed by atoms with Gasteiger partial charge in [0.2, 0.25) is 0 Å². The first-order valence-corrected chi connectivity index (χ1v) is 9.98. The second-order valence-corrected chi connectivity index (χ2v) is 7.94. The molecule has 2 heterocycles. The summed E-state index contributed by atoms with van der Waals surface area (Å²) in [5, 5.41) is 5.56. The van der Waals surface area contributed by atoms with Crippen LogP contribution in [0.1, 0.15) is 57.1 Å². The van der Waals surface area contributed by atoms with Gasteiger partial charge in [0.25, 0.3) is 11.8 Å². The molecule has 4 rings (SSSR count). The topological polar surface area (TPSA) is 61.4 Å². The number of rotatable bonds is 3. The van der Waals surface area contributed by atoms with Gasteiger partial charge in [-0.3, -0.25) is 9.59 Å². The lowest BCUT2D eigenvalue weighted by Crippen LogP contribution is -2.44. The number of piperidine rings is 1. The van der Waals surface area contributed by atoms with Gasteiger partial charge in [0, 0.05) is 28.4 Å². The van der Waals surface area contributed by atoms with Gasteiger partial charge in [-0.2, -0.15) is 13.2 Å². The number of anilines is 1. The van der Waals surface area contributed by atoms with E-state index in [9.17, 15) is 27.2 Å². The Bertz CT molecular complexity index is 1040. The van der Waals surface area contributed by atoms with Crippen molar-refractivity contribution in [2.45, 2.75) is 37.5 Å². The van der Waals surface area contributed by atoms with E-state index in [-0.39, 0.29) is 18.0 Å². The highest BCUT2D eigenvalue weighted by molar-refractivity contribution is 6.07. The predicted molar refractivity (Wildman–Crippen MR) is 106 cm³/mol. The molecule has 2 aliphatic rings. The van der Waals surface area contributed by atoms with Crippen molar-refractivity contribution in [1.29, 1.82) is 0 Å². The molecular formula is C22H21F4N3O2. The van der Waals surface area contributed by atoms with Gasteiger partial charge >= 0.3 is 6.18 Å². The van der Waals surface area contributed by atoms with Gasteiger partial charge in [0.05, 0.1) is 11.6 Å². The van der Waals surface area contributed by atoms with E-state index in [0.29, 0.717) is 28.9 Å². The summed E-state index contributed by atoms with van der Waals surface area (Å²) >= 11 is 0. The van der Waals surface area contributed by atoms with Gasteiger partial charge in [-0.05, 0) is 56.8 Å². The maximum atomic E-state index is 13.7. The number of likely N-dealkylation sites (N-methyl/N-ethyl adjacent to an activating group) is 1. The zero-order valence-electron chi connectivity index (χ0n) is 16.7. The first kappa shape index (κ1) is 21.3. The average Bonchev–Trinajstić information content (AvgIpc) is 3.05. The molecule has 2 amide bonds. The summed E-state index contributed by atoms with van der Waals surface area (Å²) in [7, 11) is 1.97. The summed E-state index contributed by atoms with van der Waals surface area (Å²) in [6.07, 6.45) is -1.85. The van der Waals surface area contributed by atoms with Crippen molar-refractivity contribution in [2.24, 2.45) is 0 Å². The van der Waals surface area contributed by atoms with Gasteiger partial charge in [-0.25, -0.2) is 4.39 Å². The van der Waals surface area contributed by atoms with Crippen LogP contribution in [0.15, 0.2) is 36.4 Å². The minimum Gasteiger partial charge on any atom is -0.344 e. The van der Waals surface area contributed by atoms with E-state index < -0.39 is 29.0 Å². The lowest BCUT2D eigenvalue weighted by atomic mass is 9.90. The number of benzene rings is 2. The van der Waals surface area contributed by atoms with Crippen molar-refractivity contribution in [3.8, 4) is 0 Å². The van der Waals surface area contributed by atoms with Crippen LogP contribution >= 0.6 is 0 Å². The summed E-state index contributed by atoms with van der Waals surface area (Å²) < 4.78 is 52.8. The number of hydrogen-bond acceptors (Lipinski definition) is 3. The van der Waals surface area contributed by atoms with Gasteiger partial charge in [-0.15, -0.1) is 0 Å². The summed E-state index contributed by atoms with van der Waals surface area (Å²) in [5.74, 6) is -2.30. The van der Waals surface area contributed by atoms with Crippen molar-refractivity contribution in [3.05, 3.63) is 64.5 Å². The van der Waals surface area contributed by atoms with Gasteiger partial charge in [0.1, 0.15) is 5.82 Å². The maximum absolute atomic E-state index is 13.7. The number of halogens is 4. The smallest absolute Gasteiger partial charge is 0.344 e. The molecule has 0 aliphatic carbocycles. The number of nitrogens with zero attached hydrogens (tertiary/aromatic N) is 1. The molecule has 2 aromatic carbocycles. The number of nitrogens with one attached hydrogen (secondary N) is 2. The van der Waals surface area contributed by atoms with Crippen LogP contribution < -0.4 is 10.6 Å². The van der Waals surface area contributed by atoms with Crippen LogP contribution in [0.4, 0.5) is 23.2 Å². The Morgan fingerprint density at radius 2 is 1.97 bits per heavy atom. The van der Waals surface area contributed by atoms with Crippen LogP contribution in [-0.2, 0) is 6.18 Å². The number of alkyl halides is 3. The first-order valence-electron chi connectivity index (χ1n) is 9.98. The first-order chi connectivity index (χ1) is 14.6. The van der Waals surface area contributed by atoms with Crippen LogP contribution in [0.3, 0.4) is 0 Å². The molecule has 31 heavy (non-hydrogen) atoms. The van der Waals surface area contributed by atoms with Gasteiger partial charge in [0.15, 0.2) is 0 Å². The van der Waals surface area contributed by atoms with Crippen LogP contribution in [0, 0.1) is 5.82 Å². The zero-order chi connectivity index (χ0) is 22.3. The molecule has 1 saturated heterocycles. The standard InChI is InChI=1S/C22H21F4N3O2/c1-29-8-3-2-7-17(29)19-18-15(21(31)28-19)5-4-6-16(18)27-20(30)12-9-13(22(24,25)26)11-14(23)10-12/h4-6,9-11,17,19H,2-3,7-8H2,1H3,(H,27,30)(H,28,31)/t17-,19+/m1/s1. The second-order valence-electron chi connectivity index (χ2n) is 7.94. The Balaban J connectivity index is 1.67. The molecule has 164 valence electrons. The third-order valence-corrected chi connectivity index (χ3v) is 5.90. The normalized spacial score (nSPS) is 21.5. The molecule has 2 atom stereocenters. The van der Waals surface area contributed by atoms with E-state index >= 15 is 0 Å². The van der Waals surface area contributed by atoms with Crippen molar-refractivity contribution in [1.82, 2.24) is 10.2 Å². The van der Waals surface area contributed by atoms with Crippen molar-refractivity contribution < 1.29 is 27.2 Å². The zero-order valence-corrected chi connectivity index (χ0v) is 16.7. The second kappa shape index (κ2) is 7.96. The molecule has 9 heteroatoms. The Hall–Kier alpha value is -2.94. The number of carbonyl (C=O) groups excluding carboxylic acids is 2. The molecule has 0 aromatic heterocycles. The monoisotopic (exact) mass is 435 g/mol. The molecule has 0 unspecified atom stereocenters. The third kappa shape index (κ3) is 4.14. The fourth-order valence-electron chi connectivity index (χ4n) is 4.39. The van der Waals surface area contributed by atoms with Crippen molar-refractivity contribution >= 4 is 17.5 Å². The number of likely N-dealkylation sites (tertiary alicyclic amines) is 1. The fraction of sp³-hybridized carbons (Fsp3) is 0.364. The minimum atomic E-state index is -4.78. The largest absolute Gasteiger partial charge is 0.416 e.